The largest absolute Gasteiger partial charge is 0.481 e. The Labute approximate surface area is 540 Å². The maximum absolute atomic E-state index is 14.1. The van der Waals surface area contributed by atoms with E-state index >= 15 is 0 Å². The van der Waals surface area contributed by atoms with Crippen LogP contribution < -0.4 is 37.2 Å². The van der Waals surface area contributed by atoms with Crippen molar-refractivity contribution in [3.63, 3.8) is 0 Å². The molecule has 1 saturated heterocycles. The summed E-state index contributed by atoms with van der Waals surface area (Å²) in [5.41, 5.74) is 0.984. The van der Waals surface area contributed by atoms with Crippen LogP contribution >= 0.6 is 33.9 Å². The van der Waals surface area contributed by atoms with Gasteiger partial charge in [-0.05, 0) is 108 Å². The summed E-state index contributed by atoms with van der Waals surface area (Å²) in [5.74, 6) is -10.4. The molecule has 7 amide bonds. The van der Waals surface area contributed by atoms with Crippen LogP contribution in [0.3, 0.4) is 0 Å². The summed E-state index contributed by atoms with van der Waals surface area (Å²) in [7, 11) is 0. The lowest BCUT2D eigenvalue weighted by molar-refractivity contribution is -0.141. The SMILES string of the molecule is O=C(O)CC[C@H](NC(=O)N[C@@H](CCCCCNC(=O)C(Cc1csc2ccccc12)NC(=O)c1cc(CNC(=O)[C@H](CCCCNC(=O)c2ccc(I)cc2)NC(=O)CN2CCN(CC(=O)O)CCN(CC(=O)O)CCN(CC(=O)O)CC2)on1)C(=O)O)C(=O)O. The van der Waals surface area contributed by atoms with Crippen molar-refractivity contribution in [3.05, 3.63) is 86.1 Å². The smallest absolute Gasteiger partial charge is 0.326 e. The highest BCUT2D eigenvalue weighted by Gasteiger charge is 2.29. The number of rotatable bonds is 36. The van der Waals surface area contributed by atoms with E-state index in [4.69, 9.17) is 9.63 Å². The molecule has 0 bridgehead atoms. The van der Waals surface area contributed by atoms with E-state index < -0.39 is 102 Å². The van der Waals surface area contributed by atoms with Crippen LogP contribution in [0.2, 0.25) is 0 Å². The van der Waals surface area contributed by atoms with Gasteiger partial charge in [0.2, 0.25) is 17.7 Å². The minimum atomic E-state index is -1.57. The molecular weight excluding hydrogens is 1330 g/mol. The van der Waals surface area contributed by atoms with Crippen molar-refractivity contribution < 1.29 is 92.7 Å². The van der Waals surface area contributed by atoms with Gasteiger partial charge in [0.1, 0.15) is 24.2 Å². The number of halogens is 1. The minimum absolute atomic E-state index is 0.0233. The minimum Gasteiger partial charge on any atom is -0.481 e. The number of unbranched alkanes of at least 4 members (excludes halogenated alkanes) is 3. The Bertz CT molecular complexity index is 3120. The first-order chi connectivity index (χ1) is 43.4. The van der Waals surface area contributed by atoms with Gasteiger partial charge < -0.3 is 72.4 Å². The van der Waals surface area contributed by atoms with Gasteiger partial charge in [-0.15, -0.1) is 11.3 Å². The molecule has 5 rings (SSSR count). The van der Waals surface area contributed by atoms with Gasteiger partial charge in [-0.2, -0.15) is 0 Å². The molecule has 0 saturated carbocycles. The number of aromatic nitrogens is 1. The van der Waals surface area contributed by atoms with Crippen LogP contribution in [-0.4, -0.2) is 243 Å². The second kappa shape index (κ2) is 38.3. The lowest BCUT2D eigenvalue weighted by atomic mass is 10.0. The molecule has 33 heteroatoms. The molecule has 4 atom stereocenters. The molecule has 1 aliphatic heterocycles. The maximum atomic E-state index is 14.1. The van der Waals surface area contributed by atoms with E-state index in [1.165, 1.54) is 17.4 Å². The first-order valence-electron chi connectivity index (χ1n) is 29.3. The number of thiophene rings is 1. The fraction of sp³-hybridized carbons (Fsp3) is 0.500. The predicted molar refractivity (Wildman–Crippen MR) is 334 cm³/mol. The van der Waals surface area contributed by atoms with Gasteiger partial charge in [-0.1, -0.05) is 36.2 Å². The third-order valence-electron chi connectivity index (χ3n) is 14.5. The van der Waals surface area contributed by atoms with E-state index in [0.29, 0.717) is 31.2 Å². The van der Waals surface area contributed by atoms with Crippen molar-refractivity contribution in [1.29, 1.82) is 0 Å². The van der Waals surface area contributed by atoms with Crippen LogP contribution in [0, 0.1) is 3.57 Å². The number of nitrogens with one attached hydrogen (secondary N) is 7. The normalized spacial score (nSPS) is 15.0. The van der Waals surface area contributed by atoms with Crippen LogP contribution in [0.1, 0.15) is 90.0 Å². The third-order valence-corrected chi connectivity index (χ3v) is 16.2. The number of amides is 7. The molecule has 2 aromatic heterocycles. The summed E-state index contributed by atoms with van der Waals surface area (Å²) >= 11 is 3.57. The maximum Gasteiger partial charge on any atom is 0.326 e. The number of aliphatic carboxylic acids is 6. The van der Waals surface area contributed by atoms with Gasteiger partial charge in [0.25, 0.3) is 11.8 Å². The van der Waals surface area contributed by atoms with Crippen molar-refractivity contribution >= 4 is 115 Å². The Balaban J connectivity index is 1.23. The lowest BCUT2D eigenvalue weighted by Gasteiger charge is -2.33. The molecule has 1 fully saturated rings. The highest BCUT2D eigenvalue weighted by atomic mass is 127. The lowest BCUT2D eigenvalue weighted by Crippen LogP contribution is -2.52. The van der Waals surface area contributed by atoms with Gasteiger partial charge >= 0.3 is 41.8 Å². The van der Waals surface area contributed by atoms with Crippen molar-refractivity contribution in [2.45, 2.75) is 94.9 Å². The quantitative estimate of drug-likeness (QED) is 0.0221. The number of carboxylic acid groups (broad SMARTS) is 6. The van der Waals surface area contributed by atoms with Crippen LogP contribution in [0.15, 0.2) is 64.5 Å². The Kier molecular flexibility index (Phi) is 30.9. The Hall–Kier alpha value is -8.38. The van der Waals surface area contributed by atoms with Crippen LogP contribution in [0.4, 0.5) is 4.79 Å². The van der Waals surface area contributed by atoms with E-state index in [1.54, 1.807) is 43.9 Å². The Morgan fingerprint density at radius 1 is 0.538 bits per heavy atom. The number of hydrogen-bond donors (Lipinski definition) is 13. The molecule has 13 N–H and O–H groups in total. The molecule has 0 spiro atoms. The van der Waals surface area contributed by atoms with Gasteiger partial charge in [-0.3, -0.25) is 62.8 Å². The molecular formula is C58H77IN12O19S. The fourth-order valence-corrected chi connectivity index (χ4v) is 11.0. The number of carboxylic acids is 6. The van der Waals surface area contributed by atoms with Gasteiger partial charge in [0.15, 0.2) is 11.5 Å². The summed E-state index contributed by atoms with van der Waals surface area (Å²) in [6.45, 7) is -0.114. The number of hydrogen-bond acceptors (Lipinski definition) is 19. The number of fused-ring (bicyclic) bond motifs is 1. The third kappa shape index (κ3) is 27.3. The van der Waals surface area contributed by atoms with E-state index in [-0.39, 0.29) is 141 Å². The van der Waals surface area contributed by atoms with Crippen molar-refractivity contribution in [3.8, 4) is 0 Å². The molecule has 496 valence electrons. The first kappa shape index (κ1) is 73.4. The monoisotopic (exact) mass is 1400 g/mol. The topological polar surface area (TPSA) is 449 Å². The van der Waals surface area contributed by atoms with E-state index in [0.717, 1.165) is 19.2 Å². The Morgan fingerprint density at radius 2 is 1.05 bits per heavy atom. The summed E-state index contributed by atoms with van der Waals surface area (Å²) in [4.78, 5) is 157. The zero-order valence-corrected chi connectivity index (χ0v) is 52.7. The number of carbonyl (C=O) groups excluding carboxylic acids is 6. The molecule has 2 aromatic carbocycles. The molecule has 31 nitrogen and oxygen atoms in total. The van der Waals surface area contributed by atoms with Crippen molar-refractivity contribution in [2.75, 3.05) is 91.6 Å². The molecule has 3 heterocycles. The van der Waals surface area contributed by atoms with Crippen LogP contribution in [-0.2, 0) is 56.1 Å². The highest BCUT2D eigenvalue weighted by Crippen LogP contribution is 2.27. The molecule has 0 radical (unpaired) electrons. The van der Waals surface area contributed by atoms with E-state index in [9.17, 15) is 83.1 Å². The summed E-state index contributed by atoms with van der Waals surface area (Å²) in [6, 6.07) is 9.33. The average Bonchev–Trinajstić information content (AvgIpc) is 1.81. The number of benzene rings is 2. The second-order valence-electron chi connectivity index (χ2n) is 21.5. The molecule has 91 heavy (non-hydrogen) atoms. The predicted octanol–water partition coefficient (Wildman–Crippen LogP) is 0.759. The highest BCUT2D eigenvalue weighted by molar-refractivity contribution is 14.1. The van der Waals surface area contributed by atoms with Crippen LogP contribution in [0.25, 0.3) is 10.1 Å². The Morgan fingerprint density at radius 3 is 1.63 bits per heavy atom. The fourth-order valence-electron chi connectivity index (χ4n) is 9.65. The number of urea groups is 1. The molecule has 1 aliphatic rings. The summed E-state index contributed by atoms with van der Waals surface area (Å²) in [6.07, 6.45) is 0.841. The number of carbonyl (C=O) groups is 12. The van der Waals surface area contributed by atoms with Gasteiger partial charge in [0.05, 0.1) is 32.7 Å². The zero-order chi connectivity index (χ0) is 66.4. The first-order valence-corrected chi connectivity index (χ1v) is 31.3. The standard InChI is InChI=1S/C58H77IN12O19S/c59-38-14-12-36(13-15-38)52(81)60-19-7-5-9-41(63-47(72)31-68-20-22-69(32-49(75)76)24-26-71(34-51(79)80)27-25-70(23-21-68)33-50(77)78)53(82)62-30-39-29-45(67-90-39)55(84)64-44(28-37-35-91-46-11-4-3-8-40(37)46)54(83)61-18-6-1-2-10-42(56(85)86)65-58(89)66-43(57(87)88)16-17-48(73)74/h3-4,8,11-15,29,35,41-44H,1-2,5-7,9-10,16-28,30-34H2,(H,60,81)(H,61,83)(H,62,82)(H,63,72)(H,64,84)(H,73,74)(H,75,76)(H,77,78)(H,79,80)(H,85,86)(H,87,88)(H2,65,66,89)/t41-,42-,43-,44?/m0/s1. The second-order valence-corrected chi connectivity index (χ2v) is 23.7. The molecule has 0 aliphatic carbocycles. The molecule has 4 aromatic rings. The van der Waals surface area contributed by atoms with E-state index in [2.05, 4.69) is 65.0 Å². The number of nitrogens with zero attached hydrogens (tertiary/aromatic N) is 5. The van der Waals surface area contributed by atoms with Crippen molar-refractivity contribution in [2.24, 2.45) is 0 Å². The zero-order valence-electron chi connectivity index (χ0n) is 49.8. The average molecular weight is 1410 g/mol. The van der Waals surface area contributed by atoms with Gasteiger partial charge in [0, 0.05) is 98.2 Å². The van der Waals surface area contributed by atoms with Crippen molar-refractivity contribution in [1.82, 2.24) is 62.0 Å². The summed E-state index contributed by atoms with van der Waals surface area (Å²) in [5, 5.41) is 81.6. The van der Waals surface area contributed by atoms with E-state index in [1.807, 2.05) is 29.6 Å². The molecule has 1 unspecified atom stereocenters. The van der Waals surface area contributed by atoms with Crippen LogP contribution in [0.5, 0.6) is 0 Å². The summed E-state index contributed by atoms with van der Waals surface area (Å²) < 4.78 is 7.34. The van der Waals surface area contributed by atoms with Gasteiger partial charge in [-0.25, -0.2) is 14.4 Å².